The molecule has 11 heteroatoms. The Morgan fingerprint density at radius 2 is 2.12 bits per heavy atom. The van der Waals surface area contributed by atoms with E-state index in [1.54, 1.807) is 18.2 Å². The molecule has 3 heterocycles. The Balaban J connectivity index is 1.46. The van der Waals surface area contributed by atoms with Gasteiger partial charge in [0.15, 0.2) is 0 Å². The average Bonchev–Trinajstić information content (AvgIpc) is 3.10. The van der Waals surface area contributed by atoms with Crippen molar-refractivity contribution < 1.29 is 32.6 Å². The van der Waals surface area contributed by atoms with E-state index in [0.717, 1.165) is 31.2 Å². The van der Waals surface area contributed by atoms with Crippen LogP contribution in [0.2, 0.25) is 0 Å². The molecule has 2 aliphatic rings. The maximum absolute atomic E-state index is 13.1. The number of halogens is 3. The Hall–Kier alpha value is -3.24. The van der Waals surface area contributed by atoms with Crippen molar-refractivity contribution in [1.82, 2.24) is 14.5 Å². The molecule has 0 aliphatic carbocycles. The van der Waals surface area contributed by atoms with Crippen molar-refractivity contribution in [2.75, 3.05) is 25.0 Å². The van der Waals surface area contributed by atoms with E-state index in [-0.39, 0.29) is 13.0 Å². The second-order valence-corrected chi connectivity index (χ2v) is 8.37. The van der Waals surface area contributed by atoms with Crippen LogP contribution in [-0.2, 0) is 35.5 Å². The maximum Gasteiger partial charge on any atom is 0.406 e. The molecule has 1 atom stereocenters. The molecule has 0 fully saturated rings. The Morgan fingerprint density at radius 3 is 2.85 bits per heavy atom. The summed E-state index contributed by atoms with van der Waals surface area (Å²) in [6.45, 7) is 0.467. The third kappa shape index (κ3) is 5.77. The molecule has 8 nitrogen and oxygen atoms in total. The highest BCUT2D eigenvalue weighted by Crippen LogP contribution is 2.30. The first-order valence-corrected chi connectivity index (χ1v) is 10.8. The molecule has 33 heavy (non-hydrogen) atoms. The molecule has 0 saturated heterocycles. The average molecular weight is 466 g/mol. The lowest BCUT2D eigenvalue weighted by Crippen LogP contribution is -2.41. The third-order valence-corrected chi connectivity index (χ3v) is 5.77. The molecule has 4 rings (SSSR count). The summed E-state index contributed by atoms with van der Waals surface area (Å²) >= 11 is 0. The topological polar surface area (TPSA) is 96.7 Å². The van der Waals surface area contributed by atoms with Crippen molar-refractivity contribution in [3.05, 3.63) is 41.2 Å². The van der Waals surface area contributed by atoms with Crippen LogP contribution in [0, 0.1) is 5.92 Å². The van der Waals surface area contributed by atoms with Crippen molar-refractivity contribution in [2.24, 2.45) is 5.92 Å². The first-order valence-electron chi connectivity index (χ1n) is 10.8. The number of anilines is 1. The Kier molecular flexibility index (Phi) is 6.48. The zero-order chi connectivity index (χ0) is 23.6. The smallest absolute Gasteiger partial charge is 0.406 e. The fourth-order valence-electron chi connectivity index (χ4n) is 4.28. The van der Waals surface area contributed by atoms with Crippen LogP contribution in [0.5, 0.6) is 5.75 Å². The van der Waals surface area contributed by atoms with Crippen LogP contribution in [-0.4, -0.2) is 57.3 Å². The number of imidazole rings is 1. The first kappa shape index (κ1) is 22.9. The minimum Gasteiger partial charge on any atom is -0.493 e. The fraction of sp³-hybridized carbons (Fsp3) is 0.500. The van der Waals surface area contributed by atoms with Crippen LogP contribution in [0.3, 0.4) is 0 Å². The number of nitrogens with one attached hydrogen (secondary N) is 1. The number of aliphatic carboxylic acids is 1. The third-order valence-electron chi connectivity index (χ3n) is 5.77. The number of alkyl halides is 3. The van der Waals surface area contributed by atoms with Crippen LogP contribution < -0.4 is 10.1 Å². The number of amides is 1. The summed E-state index contributed by atoms with van der Waals surface area (Å²) < 4.78 is 47.0. The van der Waals surface area contributed by atoms with Gasteiger partial charge >= 0.3 is 12.1 Å². The number of carboxylic acid groups (broad SMARTS) is 1. The van der Waals surface area contributed by atoms with Gasteiger partial charge in [0.25, 0.3) is 0 Å². The molecule has 1 aromatic heterocycles. The zero-order valence-electron chi connectivity index (χ0n) is 17.9. The van der Waals surface area contributed by atoms with Gasteiger partial charge in [-0.15, -0.1) is 0 Å². The summed E-state index contributed by atoms with van der Waals surface area (Å²) in [6, 6.07) is 5.03. The number of ether oxygens (including phenoxy) is 1. The number of rotatable bonds is 7. The maximum atomic E-state index is 13.1. The quantitative estimate of drug-likeness (QED) is 0.652. The number of carbonyl (C=O) groups excluding carboxylic acids is 1. The van der Waals surface area contributed by atoms with Crippen molar-refractivity contribution in [3.8, 4) is 5.75 Å². The van der Waals surface area contributed by atoms with Crippen LogP contribution in [0.25, 0.3) is 0 Å². The molecular formula is C22H25F3N4O4. The minimum atomic E-state index is -4.58. The lowest BCUT2D eigenvalue weighted by molar-refractivity contribution is -0.165. The number of aryl methyl sites for hydroxylation is 1. The van der Waals surface area contributed by atoms with Gasteiger partial charge in [0, 0.05) is 32.3 Å². The monoisotopic (exact) mass is 466 g/mol. The van der Waals surface area contributed by atoms with Crippen molar-refractivity contribution in [2.45, 2.75) is 44.9 Å². The largest absolute Gasteiger partial charge is 0.493 e. The summed E-state index contributed by atoms with van der Waals surface area (Å²) in [5.41, 5.74) is 2.06. The van der Waals surface area contributed by atoms with Gasteiger partial charge in [0.05, 0.1) is 24.6 Å². The van der Waals surface area contributed by atoms with E-state index in [1.165, 1.54) is 0 Å². The van der Waals surface area contributed by atoms with Gasteiger partial charge in [0.1, 0.15) is 12.3 Å². The number of carboxylic acids is 1. The number of aromatic nitrogens is 2. The van der Waals surface area contributed by atoms with Crippen LogP contribution in [0.15, 0.2) is 24.4 Å². The molecule has 1 amide bonds. The van der Waals surface area contributed by atoms with Gasteiger partial charge in [-0.2, -0.15) is 13.2 Å². The molecule has 0 radical (unpaired) electrons. The predicted octanol–water partition coefficient (Wildman–Crippen LogP) is 2.86. The number of hydrogen-bond acceptors (Lipinski definition) is 5. The number of nitrogens with zero attached hydrogens (tertiary/aromatic N) is 3. The van der Waals surface area contributed by atoms with E-state index >= 15 is 0 Å². The van der Waals surface area contributed by atoms with Crippen LogP contribution in [0.4, 0.5) is 19.1 Å². The molecule has 0 spiro atoms. The standard InChI is InChI=1S/C22H25F3N4O4/c23-22(24,25)13-29-11-16-9-18(3-2-14(16)8-15(20(29)32)10-19(30)31)33-7-4-17-12-28-6-1-5-26-21(28)27-17/h2-3,9,12,15H,1,4-8,10-11,13H2,(H,26,27)(H,30,31). The summed E-state index contributed by atoms with van der Waals surface area (Å²) in [5, 5.41) is 12.3. The Bertz CT molecular complexity index is 1010. The highest BCUT2D eigenvalue weighted by atomic mass is 19.4. The SMILES string of the molecule is O=C(O)CC1Cc2ccc(OCCc3cn4c(n3)NCCC4)cc2CN(CC(F)(F)F)C1=O. The molecule has 178 valence electrons. The van der Waals surface area contributed by atoms with Gasteiger partial charge in [-0.1, -0.05) is 6.07 Å². The molecule has 2 aromatic rings. The van der Waals surface area contributed by atoms with E-state index in [4.69, 9.17) is 9.84 Å². The number of hydrogen-bond donors (Lipinski definition) is 2. The van der Waals surface area contributed by atoms with Gasteiger partial charge in [-0.25, -0.2) is 4.98 Å². The number of carbonyl (C=O) groups is 2. The molecule has 1 aromatic carbocycles. The molecule has 0 bridgehead atoms. The van der Waals surface area contributed by atoms with E-state index in [0.29, 0.717) is 34.8 Å². The number of fused-ring (bicyclic) bond motifs is 2. The van der Waals surface area contributed by atoms with E-state index < -0.39 is 36.9 Å². The lowest BCUT2D eigenvalue weighted by Gasteiger charge is -2.25. The van der Waals surface area contributed by atoms with Crippen molar-refractivity contribution in [1.29, 1.82) is 0 Å². The highest BCUT2D eigenvalue weighted by Gasteiger charge is 2.38. The van der Waals surface area contributed by atoms with E-state index in [1.807, 2.05) is 6.20 Å². The van der Waals surface area contributed by atoms with E-state index in [2.05, 4.69) is 14.9 Å². The van der Waals surface area contributed by atoms with Gasteiger partial charge in [0.2, 0.25) is 11.9 Å². The Morgan fingerprint density at radius 1 is 1.30 bits per heavy atom. The Labute approximate surface area is 188 Å². The van der Waals surface area contributed by atoms with Gasteiger partial charge < -0.3 is 24.6 Å². The molecule has 0 saturated carbocycles. The van der Waals surface area contributed by atoms with Crippen molar-refractivity contribution >= 4 is 17.8 Å². The minimum absolute atomic E-state index is 0.0717. The predicted molar refractivity (Wildman–Crippen MR) is 112 cm³/mol. The fourth-order valence-corrected chi connectivity index (χ4v) is 4.28. The molecule has 2 aliphatic heterocycles. The number of benzene rings is 1. The van der Waals surface area contributed by atoms with Crippen LogP contribution >= 0.6 is 0 Å². The summed E-state index contributed by atoms with van der Waals surface area (Å²) in [7, 11) is 0. The molecular weight excluding hydrogens is 441 g/mol. The summed E-state index contributed by atoms with van der Waals surface area (Å²) in [6.07, 6.45) is -1.45. The second kappa shape index (κ2) is 9.32. The van der Waals surface area contributed by atoms with Crippen molar-refractivity contribution in [3.63, 3.8) is 0 Å². The molecule has 1 unspecified atom stereocenters. The highest BCUT2D eigenvalue weighted by molar-refractivity contribution is 5.84. The van der Waals surface area contributed by atoms with Gasteiger partial charge in [-0.3, -0.25) is 9.59 Å². The zero-order valence-corrected chi connectivity index (χ0v) is 17.9. The normalized spacial score (nSPS) is 18.2. The second-order valence-electron chi connectivity index (χ2n) is 8.37. The van der Waals surface area contributed by atoms with Crippen LogP contribution in [0.1, 0.15) is 29.7 Å². The molecule has 2 N–H and O–H groups in total. The van der Waals surface area contributed by atoms with E-state index in [9.17, 15) is 22.8 Å². The lowest BCUT2D eigenvalue weighted by atomic mass is 9.94. The summed E-state index contributed by atoms with van der Waals surface area (Å²) in [4.78, 5) is 29.0. The summed E-state index contributed by atoms with van der Waals surface area (Å²) in [5.74, 6) is -1.75. The van der Waals surface area contributed by atoms with Gasteiger partial charge in [-0.05, 0) is 36.1 Å². The first-order chi connectivity index (χ1) is 15.7.